The van der Waals surface area contributed by atoms with Gasteiger partial charge in [-0.2, -0.15) is 0 Å². The first-order valence-electron chi connectivity index (χ1n) is 20.9. The normalized spacial score (nSPS) is 14.6. The van der Waals surface area contributed by atoms with Crippen LogP contribution in [0.3, 0.4) is 0 Å². The zero-order valence-electron chi connectivity index (χ0n) is 34.9. The first kappa shape index (κ1) is 55.5. The zero-order chi connectivity index (χ0) is 43.2. The number of aliphatic hydroxyl groups is 1. The Morgan fingerprint density at radius 2 is 1.10 bits per heavy atom. The van der Waals surface area contributed by atoms with Crippen LogP contribution in [-0.2, 0) is 46.6 Å². The number of phosphoric ester groups is 2. The van der Waals surface area contributed by atoms with Gasteiger partial charge in [-0.25, -0.2) is 9.13 Å². The SMILES string of the molecule is CC/C=C\C/C=C\C/C=C\CCCCCCCC(=O)OC[C@H](COP(=O)(O)OC[C@@H](O)COP(=O)(O)O)OC(=O)CCCCCCCC(=O)/C=C/C=C\CCCCC. The summed E-state index contributed by atoms with van der Waals surface area (Å²) in [4.78, 5) is 64.7. The predicted molar refractivity (Wildman–Crippen MR) is 226 cm³/mol. The molecule has 0 radical (unpaired) electrons. The van der Waals surface area contributed by atoms with Crippen molar-refractivity contribution in [2.75, 3.05) is 26.4 Å². The number of hydrogen-bond donors (Lipinski definition) is 4. The molecule has 0 aliphatic rings. The van der Waals surface area contributed by atoms with Gasteiger partial charge in [0.05, 0.1) is 19.8 Å². The quantitative estimate of drug-likeness (QED) is 0.0113. The van der Waals surface area contributed by atoms with Crippen molar-refractivity contribution < 1.29 is 66.3 Å². The second kappa shape index (κ2) is 37.5. The number of hydrogen-bond acceptors (Lipinski definition) is 11. The van der Waals surface area contributed by atoms with E-state index in [0.29, 0.717) is 19.3 Å². The Kier molecular flexibility index (Phi) is 35.9. The topological polar surface area (TPSA) is 212 Å². The molecule has 0 aromatic rings. The smallest absolute Gasteiger partial charge is 0.462 e. The number of esters is 2. The fraction of sp³-hybridized carbons (Fsp3) is 0.690. The second-order valence-electron chi connectivity index (χ2n) is 13.9. The summed E-state index contributed by atoms with van der Waals surface area (Å²) >= 11 is 0. The molecule has 0 heterocycles. The Morgan fingerprint density at radius 3 is 1.76 bits per heavy atom. The summed E-state index contributed by atoms with van der Waals surface area (Å²) in [5.41, 5.74) is 0. The van der Waals surface area contributed by atoms with Crippen LogP contribution in [0, 0.1) is 0 Å². The molecule has 0 aromatic carbocycles. The first-order valence-corrected chi connectivity index (χ1v) is 24.0. The molecule has 0 saturated heterocycles. The molecule has 1 unspecified atom stereocenters. The fourth-order valence-corrected chi connectivity index (χ4v) is 6.32. The molecule has 0 saturated carbocycles. The van der Waals surface area contributed by atoms with Crippen molar-refractivity contribution in [2.45, 2.75) is 161 Å². The van der Waals surface area contributed by atoms with Crippen LogP contribution in [0.2, 0.25) is 0 Å². The van der Waals surface area contributed by atoms with Gasteiger partial charge in [0, 0.05) is 19.3 Å². The number of ketones is 1. The lowest BCUT2D eigenvalue weighted by atomic mass is 10.1. The summed E-state index contributed by atoms with van der Waals surface area (Å²) in [6, 6.07) is 0. The number of unbranched alkanes of at least 4 members (excludes halogenated alkanes) is 12. The van der Waals surface area contributed by atoms with Crippen molar-refractivity contribution in [3.63, 3.8) is 0 Å². The van der Waals surface area contributed by atoms with Gasteiger partial charge in [0.25, 0.3) is 0 Å². The van der Waals surface area contributed by atoms with Gasteiger partial charge in [0.1, 0.15) is 12.7 Å². The summed E-state index contributed by atoms with van der Waals surface area (Å²) in [7, 11) is -9.72. The molecule has 58 heavy (non-hydrogen) atoms. The Bertz CT molecular complexity index is 1320. The molecule has 16 heteroatoms. The maximum absolute atomic E-state index is 12.6. The van der Waals surface area contributed by atoms with Gasteiger partial charge in [0.2, 0.25) is 0 Å². The van der Waals surface area contributed by atoms with Gasteiger partial charge in [0.15, 0.2) is 11.9 Å². The van der Waals surface area contributed by atoms with Crippen LogP contribution in [0.25, 0.3) is 0 Å². The Balaban J connectivity index is 4.66. The molecule has 0 aromatic heterocycles. The fourth-order valence-electron chi connectivity index (χ4n) is 5.17. The third-order valence-electron chi connectivity index (χ3n) is 8.36. The van der Waals surface area contributed by atoms with Gasteiger partial charge < -0.3 is 29.3 Å². The number of aliphatic hydroxyl groups excluding tert-OH is 1. The molecule has 0 rings (SSSR count). The third-order valence-corrected chi connectivity index (χ3v) is 9.79. The van der Waals surface area contributed by atoms with E-state index < -0.39 is 66.2 Å². The van der Waals surface area contributed by atoms with Crippen LogP contribution < -0.4 is 0 Å². The summed E-state index contributed by atoms with van der Waals surface area (Å²) in [5, 5.41) is 9.73. The van der Waals surface area contributed by atoms with E-state index in [1.807, 2.05) is 6.08 Å². The first-order chi connectivity index (χ1) is 27.8. The molecule has 0 amide bonds. The van der Waals surface area contributed by atoms with Crippen LogP contribution >= 0.6 is 15.6 Å². The lowest BCUT2D eigenvalue weighted by Gasteiger charge is -2.20. The summed E-state index contributed by atoms with van der Waals surface area (Å²) in [5.74, 6) is -1.08. The van der Waals surface area contributed by atoms with Crippen LogP contribution in [0.15, 0.2) is 60.8 Å². The number of carbonyl (C=O) groups is 3. The van der Waals surface area contributed by atoms with E-state index in [2.05, 4.69) is 65.4 Å². The number of rotatable bonds is 39. The van der Waals surface area contributed by atoms with Gasteiger partial charge in [-0.1, -0.05) is 120 Å². The van der Waals surface area contributed by atoms with Crippen molar-refractivity contribution in [1.29, 1.82) is 0 Å². The monoisotopic (exact) mass is 862 g/mol. The van der Waals surface area contributed by atoms with Gasteiger partial charge in [-0.3, -0.25) is 28.0 Å². The molecular weight excluding hydrogens is 790 g/mol. The van der Waals surface area contributed by atoms with Gasteiger partial charge in [-0.05, 0) is 70.3 Å². The van der Waals surface area contributed by atoms with Gasteiger partial charge in [-0.15, -0.1) is 0 Å². The van der Waals surface area contributed by atoms with E-state index in [4.69, 9.17) is 23.8 Å². The predicted octanol–water partition coefficient (Wildman–Crippen LogP) is 9.63. The molecule has 0 bridgehead atoms. The van der Waals surface area contributed by atoms with Crippen molar-refractivity contribution in [3.8, 4) is 0 Å². The van der Waals surface area contributed by atoms with Crippen LogP contribution in [0.5, 0.6) is 0 Å². The van der Waals surface area contributed by atoms with Crippen molar-refractivity contribution in [1.82, 2.24) is 0 Å². The van der Waals surface area contributed by atoms with Crippen molar-refractivity contribution >= 4 is 33.4 Å². The molecule has 4 N–H and O–H groups in total. The minimum absolute atomic E-state index is 0.0412. The van der Waals surface area contributed by atoms with E-state index in [9.17, 15) is 33.5 Å². The molecular formula is C42H72O14P2. The van der Waals surface area contributed by atoms with Gasteiger partial charge >= 0.3 is 27.6 Å². The highest BCUT2D eigenvalue weighted by Gasteiger charge is 2.28. The number of allylic oxidation sites excluding steroid dienone is 10. The molecule has 0 spiro atoms. The van der Waals surface area contributed by atoms with Crippen molar-refractivity contribution in [2.24, 2.45) is 0 Å². The minimum atomic E-state index is -4.88. The van der Waals surface area contributed by atoms with Crippen LogP contribution in [0.1, 0.15) is 149 Å². The standard InChI is InChI=1S/C42H72O14P2/c1-3-5-7-9-11-12-13-14-15-16-17-18-20-24-28-32-41(45)52-36-40(37-55-58(50,51)54-35-39(44)34-53-57(47,48)49)56-42(46)33-29-25-21-23-27-31-38(43)30-26-22-19-10-8-6-4-2/h5,7,11-12,14-15,19,22,26,30,39-40,44H,3-4,6,8-10,13,16-18,20-21,23-25,27-29,31-37H2,1-2H3,(H,50,51)(H2,47,48,49)/b7-5-,12-11-,15-14-,22-19-,30-26+/t39-,40+/m0/s1. The van der Waals surface area contributed by atoms with E-state index in [0.717, 1.165) is 89.9 Å². The maximum Gasteiger partial charge on any atom is 0.472 e. The van der Waals surface area contributed by atoms with Crippen LogP contribution in [0.4, 0.5) is 0 Å². The summed E-state index contributed by atoms with van der Waals surface area (Å²) in [6.07, 6.45) is 34.7. The highest BCUT2D eigenvalue weighted by atomic mass is 31.2. The average molecular weight is 863 g/mol. The molecule has 0 fully saturated rings. The number of ether oxygens (including phenoxy) is 2. The Hall–Kier alpha value is -2.51. The number of carbonyl (C=O) groups excluding carboxylic acids is 3. The molecule has 0 aliphatic heterocycles. The summed E-state index contributed by atoms with van der Waals surface area (Å²) < 4.78 is 47.6. The molecule has 3 atom stereocenters. The maximum atomic E-state index is 12.6. The molecule has 0 aliphatic carbocycles. The van der Waals surface area contributed by atoms with Crippen molar-refractivity contribution in [3.05, 3.63) is 60.8 Å². The van der Waals surface area contributed by atoms with Crippen LogP contribution in [-0.4, -0.2) is 76.1 Å². The lowest BCUT2D eigenvalue weighted by molar-refractivity contribution is -0.161. The Morgan fingerprint density at radius 1 is 0.569 bits per heavy atom. The largest absolute Gasteiger partial charge is 0.472 e. The van der Waals surface area contributed by atoms with E-state index in [1.165, 1.54) is 12.8 Å². The van der Waals surface area contributed by atoms with E-state index >= 15 is 0 Å². The Labute approximate surface area is 347 Å². The zero-order valence-corrected chi connectivity index (χ0v) is 36.7. The third kappa shape index (κ3) is 40.3. The highest BCUT2D eigenvalue weighted by molar-refractivity contribution is 7.47. The average Bonchev–Trinajstić information content (AvgIpc) is 3.17. The number of phosphoric acid groups is 2. The summed E-state index contributed by atoms with van der Waals surface area (Å²) in [6.45, 7) is 1.42. The highest BCUT2D eigenvalue weighted by Crippen LogP contribution is 2.43. The lowest BCUT2D eigenvalue weighted by Crippen LogP contribution is -2.30. The molecule has 14 nitrogen and oxygen atoms in total. The van der Waals surface area contributed by atoms with E-state index in [1.54, 1.807) is 12.2 Å². The second-order valence-corrected chi connectivity index (χ2v) is 16.6. The minimum Gasteiger partial charge on any atom is -0.462 e. The van der Waals surface area contributed by atoms with E-state index in [-0.39, 0.29) is 18.6 Å². The molecule has 334 valence electrons.